The van der Waals surface area contributed by atoms with Crippen LogP contribution in [0.5, 0.6) is 0 Å². The summed E-state index contributed by atoms with van der Waals surface area (Å²) in [5, 5.41) is 8.75. The summed E-state index contributed by atoms with van der Waals surface area (Å²) in [5.41, 5.74) is 20.8. The van der Waals surface area contributed by atoms with E-state index in [-0.39, 0.29) is 23.1 Å². The number of rotatable bonds is 4. The predicted octanol–water partition coefficient (Wildman–Crippen LogP) is 1.21. The summed E-state index contributed by atoms with van der Waals surface area (Å²) in [6.45, 7) is 1.42. The maximum absolute atomic E-state index is 12.4. The molecule has 0 radical (unpaired) electrons. The van der Waals surface area contributed by atoms with E-state index in [9.17, 15) is 4.79 Å². The Morgan fingerprint density at radius 1 is 1.14 bits per heavy atom. The molecule has 0 saturated carbocycles. The summed E-state index contributed by atoms with van der Waals surface area (Å²) in [4.78, 5) is 36.3. The third-order valence-electron chi connectivity index (χ3n) is 6.94. The van der Waals surface area contributed by atoms with E-state index in [1.54, 1.807) is 12.3 Å². The van der Waals surface area contributed by atoms with Gasteiger partial charge in [-0.1, -0.05) is 6.07 Å². The maximum Gasteiger partial charge on any atom is 0.268 e. The Bertz CT molecular complexity index is 1450. The van der Waals surface area contributed by atoms with Crippen molar-refractivity contribution in [3.63, 3.8) is 0 Å². The van der Waals surface area contributed by atoms with Gasteiger partial charge in [-0.3, -0.25) is 14.9 Å². The van der Waals surface area contributed by atoms with E-state index in [0.29, 0.717) is 40.1 Å². The molecule has 1 saturated heterocycles. The molecular weight excluding hydrogens is 466 g/mol. The molecule has 0 aromatic carbocycles. The van der Waals surface area contributed by atoms with Crippen LogP contribution in [0, 0.1) is 5.41 Å². The fraction of sp³-hybridized carbons (Fsp3) is 0.318. The highest BCUT2D eigenvalue weighted by Gasteiger charge is 2.46. The second-order valence-corrected chi connectivity index (χ2v) is 9.90. The molecule has 5 heterocycles. The summed E-state index contributed by atoms with van der Waals surface area (Å²) >= 11 is 1.22. The lowest BCUT2D eigenvalue weighted by Gasteiger charge is -2.42. The predicted molar refractivity (Wildman–Crippen MR) is 130 cm³/mol. The molecule has 1 aliphatic heterocycles. The van der Waals surface area contributed by atoms with Gasteiger partial charge >= 0.3 is 0 Å². The van der Waals surface area contributed by atoms with Crippen molar-refractivity contribution in [3.8, 4) is 0 Å². The van der Waals surface area contributed by atoms with Crippen LogP contribution in [0.2, 0.25) is 0 Å². The highest BCUT2D eigenvalue weighted by Crippen LogP contribution is 2.50. The second-order valence-electron chi connectivity index (χ2n) is 8.89. The van der Waals surface area contributed by atoms with Crippen LogP contribution in [0.4, 0.5) is 11.9 Å². The monoisotopic (exact) mass is 489 g/mol. The van der Waals surface area contributed by atoms with Crippen molar-refractivity contribution in [2.24, 2.45) is 16.9 Å². The van der Waals surface area contributed by atoms with Crippen LogP contribution in [-0.2, 0) is 6.42 Å². The van der Waals surface area contributed by atoms with Crippen molar-refractivity contribution >= 4 is 40.6 Å². The van der Waals surface area contributed by atoms with Crippen molar-refractivity contribution in [1.29, 1.82) is 0 Å². The van der Waals surface area contributed by atoms with Gasteiger partial charge in [0.15, 0.2) is 5.65 Å². The zero-order valence-corrected chi connectivity index (χ0v) is 19.5. The molecule has 1 spiro atoms. The quantitative estimate of drug-likeness (QED) is 0.301. The molecule has 13 heteroatoms. The number of nitrogens with two attached hydrogens (primary N) is 3. The van der Waals surface area contributed by atoms with Crippen LogP contribution in [-0.4, -0.2) is 54.1 Å². The van der Waals surface area contributed by atoms with Gasteiger partial charge in [0, 0.05) is 37.2 Å². The van der Waals surface area contributed by atoms with Crippen LogP contribution in [0.15, 0.2) is 40.6 Å². The van der Waals surface area contributed by atoms with E-state index >= 15 is 0 Å². The number of anilines is 2. The fourth-order valence-electron chi connectivity index (χ4n) is 5.09. The van der Waals surface area contributed by atoms with Crippen molar-refractivity contribution < 1.29 is 4.79 Å². The highest BCUT2D eigenvalue weighted by molar-refractivity contribution is 7.99. The molecule has 7 N–H and O–H groups in total. The molecule has 0 bridgehead atoms. The number of pyridine rings is 1. The molecule has 178 valence electrons. The minimum Gasteiger partial charge on any atom is -0.368 e. The molecule has 0 unspecified atom stereocenters. The van der Waals surface area contributed by atoms with E-state index < -0.39 is 5.91 Å². The molecular formula is C22H23N11OS. The fourth-order valence-corrected chi connectivity index (χ4v) is 5.95. The number of aromatic nitrogens is 7. The minimum atomic E-state index is -0.656. The van der Waals surface area contributed by atoms with Crippen LogP contribution in [0.1, 0.15) is 40.6 Å². The topological polar surface area (TPSA) is 192 Å². The summed E-state index contributed by atoms with van der Waals surface area (Å²) in [5.74, 6) is -0.0704. The number of hydrogen-bond donors (Lipinski definition) is 4. The van der Waals surface area contributed by atoms with Gasteiger partial charge in [-0.25, -0.2) is 15.0 Å². The lowest BCUT2D eigenvalue weighted by molar-refractivity contribution is 0.0997. The van der Waals surface area contributed by atoms with Crippen molar-refractivity contribution in [3.05, 3.63) is 47.5 Å². The van der Waals surface area contributed by atoms with Crippen molar-refractivity contribution in [2.75, 3.05) is 23.7 Å². The van der Waals surface area contributed by atoms with Crippen LogP contribution < -0.4 is 22.1 Å². The zero-order chi connectivity index (χ0) is 24.2. The van der Waals surface area contributed by atoms with Gasteiger partial charge in [0.2, 0.25) is 11.9 Å². The number of H-pyrrole nitrogens is 1. The van der Waals surface area contributed by atoms with Gasteiger partial charge in [0.1, 0.15) is 15.7 Å². The number of fused-ring (bicyclic) bond motifs is 2. The lowest BCUT2D eigenvalue weighted by Crippen LogP contribution is -2.45. The largest absolute Gasteiger partial charge is 0.368 e. The first-order valence-corrected chi connectivity index (χ1v) is 12.0. The summed E-state index contributed by atoms with van der Waals surface area (Å²) in [6, 6.07) is 5.68. The third-order valence-corrected chi connectivity index (χ3v) is 7.86. The van der Waals surface area contributed by atoms with Gasteiger partial charge in [-0.15, -0.1) is 0 Å². The third kappa shape index (κ3) is 3.63. The molecule has 6 rings (SSSR count). The number of primary amides is 1. The molecule has 35 heavy (non-hydrogen) atoms. The Labute approximate surface area is 204 Å². The first kappa shape index (κ1) is 21.7. The minimum absolute atomic E-state index is 0.0268. The summed E-state index contributed by atoms with van der Waals surface area (Å²) in [6.07, 6.45) is 6.00. The highest BCUT2D eigenvalue weighted by atomic mass is 32.2. The van der Waals surface area contributed by atoms with Gasteiger partial charge in [-0.2, -0.15) is 10.1 Å². The number of carbonyl (C=O) groups is 1. The van der Waals surface area contributed by atoms with Crippen molar-refractivity contribution in [1.82, 2.24) is 35.1 Å². The van der Waals surface area contributed by atoms with Crippen molar-refractivity contribution in [2.45, 2.75) is 35.4 Å². The normalized spacial score (nSPS) is 18.8. The van der Waals surface area contributed by atoms with Gasteiger partial charge in [0.25, 0.3) is 5.91 Å². The van der Waals surface area contributed by atoms with Crippen LogP contribution in [0.25, 0.3) is 11.0 Å². The molecule has 1 fully saturated rings. The zero-order valence-electron chi connectivity index (χ0n) is 18.7. The summed E-state index contributed by atoms with van der Waals surface area (Å²) < 4.78 is 0. The van der Waals surface area contributed by atoms with E-state index in [1.165, 1.54) is 11.8 Å². The Morgan fingerprint density at radius 3 is 2.71 bits per heavy atom. The number of nitrogens with zero attached hydrogens (tertiary/aromatic N) is 7. The molecule has 1 atom stereocenters. The number of piperidine rings is 1. The number of aromatic amines is 1. The SMILES string of the molecule is NC(=O)c1nc(N2CCC3(CC2)Cc2ncccc2[C@H]3N)nc2[nH]nc(Sc3ccnc(N)n3)c12. The van der Waals surface area contributed by atoms with E-state index in [4.69, 9.17) is 17.2 Å². The number of nitrogen functional groups attached to an aromatic ring is 1. The van der Waals surface area contributed by atoms with E-state index in [2.05, 4.69) is 46.1 Å². The average Bonchev–Trinajstić information content (AvgIpc) is 3.38. The average molecular weight is 490 g/mol. The number of nitrogens with one attached hydrogen (secondary N) is 1. The first-order valence-electron chi connectivity index (χ1n) is 11.2. The molecule has 4 aromatic heterocycles. The maximum atomic E-state index is 12.4. The van der Waals surface area contributed by atoms with Gasteiger partial charge < -0.3 is 22.1 Å². The van der Waals surface area contributed by atoms with Gasteiger partial charge in [-0.05, 0) is 54.1 Å². The lowest BCUT2D eigenvalue weighted by atomic mass is 9.73. The van der Waals surface area contributed by atoms with Gasteiger partial charge in [0.05, 0.1) is 5.39 Å². The molecule has 1 aliphatic carbocycles. The number of amides is 1. The number of hydrogen-bond acceptors (Lipinski definition) is 11. The smallest absolute Gasteiger partial charge is 0.268 e. The standard InChI is InChI=1S/C22H23N11OS/c23-16-11-2-1-6-26-12(11)10-22(16)4-8-33(9-5-22)21-29-15(17(24)34)14-18(30-21)31-32-19(14)35-13-3-7-27-20(25)28-13/h1-3,6-7,16H,4-5,8-10,23H2,(H2,24,34)(H2,25,27,28)(H,29,30,31,32)/t16-/m1/s1. The molecule has 4 aromatic rings. The van der Waals surface area contributed by atoms with E-state index in [1.807, 2.05) is 12.3 Å². The first-order chi connectivity index (χ1) is 16.9. The molecule has 2 aliphatic rings. The second kappa shape index (κ2) is 8.13. The Balaban J connectivity index is 1.28. The van der Waals surface area contributed by atoms with E-state index in [0.717, 1.165) is 30.5 Å². The number of carbonyl (C=O) groups excluding carboxylic acids is 1. The molecule has 12 nitrogen and oxygen atoms in total. The Kier molecular flexibility index (Phi) is 5.04. The Hall–Kier alpha value is -3.84. The van der Waals surface area contributed by atoms with Crippen LogP contribution >= 0.6 is 11.8 Å². The summed E-state index contributed by atoms with van der Waals surface area (Å²) in [7, 11) is 0. The Morgan fingerprint density at radius 2 is 1.97 bits per heavy atom. The molecule has 1 amide bonds. The van der Waals surface area contributed by atoms with Crippen LogP contribution in [0.3, 0.4) is 0 Å².